The molecule has 0 aliphatic carbocycles. The van der Waals surface area contributed by atoms with Gasteiger partial charge in [-0.1, -0.05) is 29.8 Å². The lowest BCUT2D eigenvalue weighted by Crippen LogP contribution is -2.42. The zero-order valence-electron chi connectivity index (χ0n) is 15.8. The Morgan fingerprint density at radius 1 is 1.04 bits per heavy atom. The van der Waals surface area contributed by atoms with Crippen LogP contribution in [-0.2, 0) is 25.6 Å². The lowest BCUT2D eigenvalue weighted by Gasteiger charge is -2.13. The van der Waals surface area contributed by atoms with Crippen molar-refractivity contribution < 1.29 is 19.2 Å². The van der Waals surface area contributed by atoms with E-state index in [9.17, 15) is 19.2 Å². The number of benzene rings is 1. The van der Waals surface area contributed by atoms with Gasteiger partial charge >= 0.3 is 0 Å². The van der Waals surface area contributed by atoms with Crippen LogP contribution < -0.4 is 16.0 Å². The summed E-state index contributed by atoms with van der Waals surface area (Å²) in [5.41, 5.74) is 2.39. The summed E-state index contributed by atoms with van der Waals surface area (Å²) >= 11 is 0. The highest BCUT2D eigenvalue weighted by Gasteiger charge is 2.12. The van der Waals surface area contributed by atoms with Gasteiger partial charge in [-0.25, -0.2) is 0 Å². The molecule has 0 saturated heterocycles. The van der Waals surface area contributed by atoms with Gasteiger partial charge in [0.05, 0.1) is 12.6 Å². The molecule has 1 unspecified atom stereocenters. The Kier molecular flexibility index (Phi) is 11.2. The monoisotopic (exact) mass is 375 g/mol. The molecule has 0 aliphatic rings. The van der Waals surface area contributed by atoms with Gasteiger partial charge < -0.3 is 20.7 Å². The van der Waals surface area contributed by atoms with Gasteiger partial charge in [-0.3, -0.25) is 14.4 Å². The summed E-state index contributed by atoms with van der Waals surface area (Å²) in [6.07, 6.45) is 5.13. The van der Waals surface area contributed by atoms with Gasteiger partial charge in [0.15, 0.2) is 0 Å². The highest BCUT2D eigenvalue weighted by Crippen LogP contribution is 2.07. The van der Waals surface area contributed by atoms with Crippen molar-refractivity contribution in [3.8, 4) is 0 Å². The summed E-state index contributed by atoms with van der Waals surface area (Å²) in [5, 5.41) is 7.70. The van der Waals surface area contributed by atoms with Crippen molar-refractivity contribution in [2.45, 2.75) is 51.5 Å². The summed E-state index contributed by atoms with van der Waals surface area (Å²) in [4.78, 5) is 44.8. The molecule has 0 spiro atoms. The molecular weight excluding hydrogens is 346 g/mol. The Bertz CT molecular complexity index is 602. The predicted octanol–water partition coefficient (Wildman–Crippen LogP) is 1.03. The molecular formula is C20H29N3O4. The first-order valence-corrected chi connectivity index (χ1v) is 9.29. The van der Waals surface area contributed by atoms with Gasteiger partial charge in [0.1, 0.15) is 6.29 Å². The molecule has 0 fully saturated rings. The fourth-order valence-electron chi connectivity index (χ4n) is 2.56. The molecule has 1 rings (SSSR count). The quantitative estimate of drug-likeness (QED) is 0.334. The Morgan fingerprint density at radius 2 is 1.78 bits per heavy atom. The molecule has 1 atom stereocenters. The maximum atomic E-state index is 11.8. The molecule has 0 aromatic heterocycles. The van der Waals surface area contributed by atoms with E-state index in [0.717, 1.165) is 12.8 Å². The summed E-state index contributed by atoms with van der Waals surface area (Å²) in [6.45, 7) is 2.44. The van der Waals surface area contributed by atoms with Crippen molar-refractivity contribution in [3.05, 3.63) is 35.4 Å². The number of carbonyl (C=O) groups is 4. The Morgan fingerprint density at radius 3 is 2.44 bits per heavy atom. The second-order valence-corrected chi connectivity index (χ2v) is 6.49. The Labute approximate surface area is 160 Å². The summed E-state index contributed by atoms with van der Waals surface area (Å²) in [7, 11) is 0. The number of unbranched alkanes of at least 4 members (excludes halogenated alkanes) is 1. The molecule has 7 heteroatoms. The number of aryl methyl sites for hydroxylation is 2. The minimum Gasteiger partial charge on any atom is -0.359 e. The maximum Gasteiger partial charge on any atom is 0.239 e. The van der Waals surface area contributed by atoms with Crippen molar-refractivity contribution >= 4 is 24.5 Å². The predicted molar refractivity (Wildman–Crippen MR) is 103 cm³/mol. The van der Waals surface area contributed by atoms with E-state index in [0.29, 0.717) is 44.9 Å². The molecule has 0 bridgehead atoms. The zero-order valence-corrected chi connectivity index (χ0v) is 15.8. The van der Waals surface area contributed by atoms with Crippen LogP contribution in [0.1, 0.15) is 43.2 Å². The van der Waals surface area contributed by atoms with Crippen molar-refractivity contribution in [1.82, 2.24) is 16.0 Å². The van der Waals surface area contributed by atoms with Crippen LogP contribution in [-0.4, -0.2) is 43.6 Å². The molecule has 0 aliphatic heterocycles. The van der Waals surface area contributed by atoms with E-state index in [1.165, 1.54) is 11.1 Å². The minimum absolute atomic E-state index is 0.138. The van der Waals surface area contributed by atoms with Crippen LogP contribution in [0.5, 0.6) is 0 Å². The first kappa shape index (κ1) is 22.3. The lowest BCUT2D eigenvalue weighted by molar-refractivity contribution is -0.127. The normalized spacial score (nSPS) is 11.3. The van der Waals surface area contributed by atoms with E-state index in [1.807, 2.05) is 19.1 Å². The second kappa shape index (κ2) is 13.5. The van der Waals surface area contributed by atoms with Gasteiger partial charge in [-0.2, -0.15) is 0 Å². The van der Waals surface area contributed by atoms with E-state index >= 15 is 0 Å². The molecule has 148 valence electrons. The van der Waals surface area contributed by atoms with E-state index in [2.05, 4.69) is 28.1 Å². The van der Waals surface area contributed by atoms with Gasteiger partial charge in [0.2, 0.25) is 18.2 Å². The number of nitrogens with one attached hydrogen (secondary N) is 3. The standard InChI is InChI=1S/C20H29N3O4/c1-16-8-10-17(11-9-16)5-4-7-19(26)22-13-20(27)23-18(14-24)6-2-3-12-21-15-25/h8-11,14-15,18H,2-7,12-13H2,1H3,(H,21,25)(H,22,26)(H,23,27). The van der Waals surface area contributed by atoms with E-state index in [1.54, 1.807) is 0 Å². The molecule has 27 heavy (non-hydrogen) atoms. The molecule has 1 aromatic rings. The fraction of sp³-hybridized carbons (Fsp3) is 0.500. The third-order valence-electron chi connectivity index (χ3n) is 4.12. The van der Waals surface area contributed by atoms with Crippen LogP contribution in [0, 0.1) is 6.92 Å². The van der Waals surface area contributed by atoms with Crippen LogP contribution >= 0.6 is 0 Å². The first-order valence-electron chi connectivity index (χ1n) is 9.29. The number of hydrogen-bond acceptors (Lipinski definition) is 4. The number of carbonyl (C=O) groups excluding carboxylic acids is 4. The molecule has 0 saturated carbocycles. The van der Waals surface area contributed by atoms with Crippen LogP contribution in [0.2, 0.25) is 0 Å². The lowest BCUT2D eigenvalue weighted by atomic mass is 10.1. The topological polar surface area (TPSA) is 104 Å². The molecule has 3 N–H and O–H groups in total. The van der Waals surface area contributed by atoms with Crippen LogP contribution in [0.4, 0.5) is 0 Å². The Hall–Kier alpha value is -2.70. The van der Waals surface area contributed by atoms with Crippen molar-refractivity contribution in [1.29, 1.82) is 0 Å². The van der Waals surface area contributed by atoms with Crippen LogP contribution in [0.25, 0.3) is 0 Å². The molecule has 0 heterocycles. The van der Waals surface area contributed by atoms with Gasteiger partial charge in [-0.05, 0) is 44.6 Å². The van der Waals surface area contributed by atoms with E-state index in [-0.39, 0.29) is 18.4 Å². The number of amides is 3. The maximum absolute atomic E-state index is 11.8. The molecule has 3 amide bonds. The summed E-state index contributed by atoms with van der Waals surface area (Å²) in [5.74, 6) is -0.565. The van der Waals surface area contributed by atoms with Gasteiger partial charge in [0, 0.05) is 13.0 Å². The van der Waals surface area contributed by atoms with Gasteiger partial charge in [0.25, 0.3) is 0 Å². The van der Waals surface area contributed by atoms with E-state index in [4.69, 9.17) is 0 Å². The average molecular weight is 375 g/mol. The van der Waals surface area contributed by atoms with Gasteiger partial charge in [-0.15, -0.1) is 0 Å². The SMILES string of the molecule is Cc1ccc(CCCC(=O)NCC(=O)NC(C=O)CCCCNC=O)cc1. The highest BCUT2D eigenvalue weighted by molar-refractivity contribution is 5.86. The number of aldehydes is 1. The van der Waals surface area contributed by atoms with Crippen molar-refractivity contribution in [2.75, 3.05) is 13.1 Å². The highest BCUT2D eigenvalue weighted by atomic mass is 16.2. The van der Waals surface area contributed by atoms with Crippen molar-refractivity contribution in [2.24, 2.45) is 0 Å². The number of hydrogen-bond donors (Lipinski definition) is 3. The molecule has 0 radical (unpaired) electrons. The smallest absolute Gasteiger partial charge is 0.239 e. The molecule has 1 aromatic carbocycles. The van der Waals surface area contributed by atoms with Crippen molar-refractivity contribution in [3.63, 3.8) is 0 Å². The zero-order chi connectivity index (χ0) is 19.9. The fourth-order valence-corrected chi connectivity index (χ4v) is 2.56. The largest absolute Gasteiger partial charge is 0.359 e. The minimum atomic E-state index is -0.577. The average Bonchev–Trinajstić information content (AvgIpc) is 2.66. The second-order valence-electron chi connectivity index (χ2n) is 6.49. The van der Waals surface area contributed by atoms with Crippen LogP contribution in [0.15, 0.2) is 24.3 Å². The third kappa shape index (κ3) is 10.8. The van der Waals surface area contributed by atoms with Crippen LogP contribution in [0.3, 0.4) is 0 Å². The summed E-state index contributed by atoms with van der Waals surface area (Å²) < 4.78 is 0. The molecule has 7 nitrogen and oxygen atoms in total. The third-order valence-corrected chi connectivity index (χ3v) is 4.12. The first-order chi connectivity index (χ1) is 13.0. The number of rotatable bonds is 14. The Balaban J connectivity index is 2.16. The summed E-state index contributed by atoms with van der Waals surface area (Å²) in [6, 6.07) is 7.61. The van der Waals surface area contributed by atoms with E-state index < -0.39 is 6.04 Å².